The third-order valence-corrected chi connectivity index (χ3v) is 2.43. The molecule has 0 aromatic heterocycles. The Morgan fingerprint density at radius 1 is 1.53 bits per heavy atom. The number of non-ortho nitro benzene ring substituents is 1. The molecule has 1 aliphatic rings. The Morgan fingerprint density at radius 3 is 3.07 bits per heavy atom. The molecule has 1 heterocycles. The van der Waals surface area contributed by atoms with Crippen LogP contribution < -0.4 is 10.1 Å². The standard InChI is InChI=1S/C9H8N2O3S/c12-11(13)6-1-2-8-7(5-6)9(15)10-3-4-14-8/h1-2,5H,3-4H2,(H,10,15). The minimum Gasteiger partial charge on any atom is -0.491 e. The zero-order chi connectivity index (χ0) is 10.8. The molecule has 0 radical (unpaired) electrons. The summed E-state index contributed by atoms with van der Waals surface area (Å²) in [6, 6.07) is 4.41. The van der Waals surface area contributed by atoms with Gasteiger partial charge in [-0.15, -0.1) is 0 Å². The lowest BCUT2D eigenvalue weighted by Crippen LogP contribution is -2.23. The van der Waals surface area contributed by atoms with Crippen LogP contribution in [0.2, 0.25) is 0 Å². The van der Waals surface area contributed by atoms with Crippen molar-refractivity contribution in [1.29, 1.82) is 0 Å². The van der Waals surface area contributed by atoms with Gasteiger partial charge in [0, 0.05) is 18.7 Å². The molecular formula is C9H8N2O3S. The van der Waals surface area contributed by atoms with Gasteiger partial charge in [0.1, 0.15) is 17.3 Å². The van der Waals surface area contributed by atoms with E-state index in [0.29, 0.717) is 29.5 Å². The van der Waals surface area contributed by atoms with E-state index in [2.05, 4.69) is 5.32 Å². The number of thiocarbonyl (C=S) groups is 1. The highest BCUT2D eigenvalue weighted by molar-refractivity contribution is 7.80. The van der Waals surface area contributed by atoms with Crippen molar-refractivity contribution in [3.05, 3.63) is 33.9 Å². The van der Waals surface area contributed by atoms with Crippen LogP contribution in [0.25, 0.3) is 0 Å². The van der Waals surface area contributed by atoms with Gasteiger partial charge < -0.3 is 10.1 Å². The van der Waals surface area contributed by atoms with Crippen molar-refractivity contribution >= 4 is 22.9 Å². The first-order chi connectivity index (χ1) is 7.18. The van der Waals surface area contributed by atoms with Crippen LogP contribution >= 0.6 is 12.2 Å². The van der Waals surface area contributed by atoms with Gasteiger partial charge in [-0.05, 0) is 6.07 Å². The van der Waals surface area contributed by atoms with E-state index in [1.807, 2.05) is 0 Å². The quantitative estimate of drug-likeness (QED) is 0.442. The maximum atomic E-state index is 10.6. The summed E-state index contributed by atoms with van der Waals surface area (Å²) in [6.45, 7) is 1.12. The molecule has 0 fully saturated rings. The van der Waals surface area contributed by atoms with Crippen molar-refractivity contribution in [1.82, 2.24) is 5.32 Å². The van der Waals surface area contributed by atoms with E-state index in [4.69, 9.17) is 17.0 Å². The second-order valence-electron chi connectivity index (χ2n) is 3.04. The highest BCUT2D eigenvalue weighted by atomic mass is 32.1. The van der Waals surface area contributed by atoms with Crippen LogP contribution in [-0.2, 0) is 0 Å². The van der Waals surface area contributed by atoms with Crippen molar-refractivity contribution in [2.45, 2.75) is 0 Å². The number of ether oxygens (including phenoxy) is 1. The van der Waals surface area contributed by atoms with Gasteiger partial charge in [-0.3, -0.25) is 10.1 Å². The first-order valence-electron chi connectivity index (χ1n) is 4.38. The molecule has 1 aromatic carbocycles. The SMILES string of the molecule is O=[N+]([O-])c1ccc2c(c1)C(=S)NCCO2. The van der Waals surface area contributed by atoms with Gasteiger partial charge in [0.2, 0.25) is 0 Å². The first-order valence-corrected chi connectivity index (χ1v) is 4.79. The molecule has 0 bridgehead atoms. The van der Waals surface area contributed by atoms with Gasteiger partial charge in [-0.25, -0.2) is 0 Å². The summed E-state index contributed by atoms with van der Waals surface area (Å²) in [5.41, 5.74) is 0.597. The van der Waals surface area contributed by atoms with E-state index < -0.39 is 4.92 Å². The summed E-state index contributed by atoms with van der Waals surface area (Å²) in [5, 5.41) is 13.5. The molecule has 0 atom stereocenters. The van der Waals surface area contributed by atoms with E-state index in [-0.39, 0.29) is 5.69 Å². The van der Waals surface area contributed by atoms with E-state index in [1.54, 1.807) is 6.07 Å². The van der Waals surface area contributed by atoms with Gasteiger partial charge >= 0.3 is 0 Å². The Bertz CT molecular complexity index is 433. The Labute approximate surface area is 91.2 Å². The van der Waals surface area contributed by atoms with Gasteiger partial charge in [0.25, 0.3) is 5.69 Å². The van der Waals surface area contributed by atoms with Gasteiger partial charge in [0.05, 0.1) is 10.5 Å². The minimum atomic E-state index is -0.451. The number of nitro groups is 1. The highest BCUT2D eigenvalue weighted by Gasteiger charge is 2.17. The molecule has 1 aliphatic heterocycles. The zero-order valence-electron chi connectivity index (χ0n) is 7.73. The van der Waals surface area contributed by atoms with Crippen molar-refractivity contribution in [2.24, 2.45) is 0 Å². The predicted octanol–water partition coefficient (Wildman–Crippen LogP) is 1.25. The number of benzene rings is 1. The molecule has 15 heavy (non-hydrogen) atoms. The molecule has 1 N–H and O–H groups in total. The van der Waals surface area contributed by atoms with Crippen LogP contribution in [0.15, 0.2) is 18.2 Å². The van der Waals surface area contributed by atoms with Gasteiger partial charge in [-0.1, -0.05) is 12.2 Å². The lowest BCUT2D eigenvalue weighted by molar-refractivity contribution is -0.384. The Balaban J connectivity index is 2.48. The lowest BCUT2D eigenvalue weighted by Gasteiger charge is -2.05. The molecule has 0 spiro atoms. The number of rotatable bonds is 1. The average molecular weight is 224 g/mol. The summed E-state index contributed by atoms with van der Waals surface area (Å²) < 4.78 is 5.38. The summed E-state index contributed by atoms with van der Waals surface area (Å²) >= 11 is 5.08. The molecule has 0 aliphatic carbocycles. The molecule has 1 aromatic rings. The maximum absolute atomic E-state index is 10.6. The van der Waals surface area contributed by atoms with Crippen LogP contribution in [0.4, 0.5) is 5.69 Å². The predicted molar refractivity (Wildman–Crippen MR) is 58.3 cm³/mol. The third kappa shape index (κ3) is 1.89. The fraction of sp³-hybridized carbons (Fsp3) is 0.222. The second-order valence-corrected chi connectivity index (χ2v) is 3.45. The summed E-state index contributed by atoms with van der Waals surface area (Å²) in [4.78, 5) is 10.6. The molecule has 78 valence electrons. The number of hydrogen-bond acceptors (Lipinski definition) is 4. The minimum absolute atomic E-state index is 0.0170. The van der Waals surface area contributed by atoms with Crippen LogP contribution in [0.1, 0.15) is 5.56 Å². The number of nitrogens with one attached hydrogen (secondary N) is 1. The second kappa shape index (κ2) is 3.82. The molecular weight excluding hydrogens is 216 g/mol. The van der Waals surface area contributed by atoms with Crippen molar-refractivity contribution in [3.8, 4) is 5.75 Å². The van der Waals surface area contributed by atoms with Crippen molar-refractivity contribution < 1.29 is 9.66 Å². The largest absolute Gasteiger partial charge is 0.491 e. The molecule has 0 unspecified atom stereocenters. The van der Waals surface area contributed by atoms with Gasteiger partial charge in [-0.2, -0.15) is 0 Å². The van der Waals surface area contributed by atoms with Crippen molar-refractivity contribution in [2.75, 3.05) is 13.2 Å². The van der Waals surface area contributed by atoms with E-state index in [1.165, 1.54) is 12.1 Å². The monoisotopic (exact) mass is 224 g/mol. The third-order valence-electron chi connectivity index (χ3n) is 2.06. The lowest BCUT2D eigenvalue weighted by atomic mass is 10.2. The van der Waals surface area contributed by atoms with Crippen molar-refractivity contribution in [3.63, 3.8) is 0 Å². The van der Waals surface area contributed by atoms with E-state index in [9.17, 15) is 10.1 Å². The van der Waals surface area contributed by atoms with Crippen LogP contribution in [0.3, 0.4) is 0 Å². The molecule has 0 saturated carbocycles. The van der Waals surface area contributed by atoms with Crippen LogP contribution in [0.5, 0.6) is 5.75 Å². The number of fused-ring (bicyclic) bond motifs is 1. The molecule has 5 nitrogen and oxygen atoms in total. The molecule has 0 saturated heterocycles. The topological polar surface area (TPSA) is 64.4 Å². The van der Waals surface area contributed by atoms with Crippen LogP contribution in [0, 0.1) is 10.1 Å². The Morgan fingerprint density at radius 2 is 2.33 bits per heavy atom. The number of nitrogens with zero attached hydrogens (tertiary/aromatic N) is 1. The van der Waals surface area contributed by atoms with Crippen LogP contribution in [-0.4, -0.2) is 23.1 Å². The fourth-order valence-corrected chi connectivity index (χ4v) is 1.62. The Hall–Kier alpha value is -1.69. The normalized spacial score (nSPS) is 14.5. The number of nitro benzene ring substituents is 1. The Kier molecular flexibility index (Phi) is 2.51. The zero-order valence-corrected chi connectivity index (χ0v) is 8.54. The van der Waals surface area contributed by atoms with E-state index in [0.717, 1.165) is 0 Å². The number of hydrogen-bond donors (Lipinski definition) is 1. The smallest absolute Gasteiger partial charge is 0.270 e. The summed E-state index contributed by atoms with van der Waals surface area (Å²) in [5.74, 6) is 0.593. The maximum Gasteiger partial charge on any atom is 0.270 e. The average Bonchev–Trinajstić information content (AvgIpc) is 2.40. The van der Waals surface area contributed by atoms with E-state index >= 15 is 0 Å². The summed E-state index contributed by atoms with van der Waals surface area (Å²) in [7, 11) is 0. The molecule has 6 heteroatoms. The molecule has 2 rings (SSSR count). The highest BCUT2D eigenvalue weighted by Crippen LogP contribution is 2.25. The molecule has 0 amide bonds. The van der Waals surface area contributed by atoms with Gasteiger partial charge in [0.15, 0.2) is 0 Å². The first kappa shape index (κ1) is 9.85. The fourth-order valence-electron chi connectivity index (χ4n) is 1.36. The summed E-state index contributed by atoms with van der Waals surface area (Å²) in [6.07, 6.45) is 0.